The molecule has 6 nitrogen and oxygen atoms in total. The Balaban J connectivity index is 1.42. The smallest absolute Gasteiger partial charge is 0.224 e. The van der Waals surface area contributed by atoms with Gasteiger partial charge < -0.3 is 20.3 Å². The SMILES string of the molecule is COc1cc(C)c(CNC[C@H]2CC[C@@H](Nc3nccc(N(C)C)n3)CC2)cc1C. The summed E-state index contributed by atoms with van der Waals surface area (Å²) in [6, 6.07) is 6.77. The first kappa shape index (κ1) is 21.4. The summed E-state index contributed by atoms with van der Waals surface area (Å²) in [5.41, 5.74) is 3.84. The summed E-state index contributed by atoms with van der Waals surface area (Å²) < 4.78 is 5.41. The van der Waals surface area contributed by atoms with Crippen LogP contribution < -0.4 is 20.3 Å². The zero-order valence-electron chi connectivity index (χ0n) is 18.5. The van der Waals surface area contributed by atoms with Crippen molar-refractivity contribution >= 4 is 11.8 Å². The molecule has 0 aliphatic heterocycles. The molecule has 1 fully saturated rings. The molecule has 0 spiro atoms. The lowest BCUT2D eigenvalue weighted by atomic mass is 9.86. The summed E-state index contributed by atoms with van der Waals surface area (Å²) in [7, 11) is 5.73. The number of nitrogens with one attached hydrogen (secondary N) is 2. The molecular formula is C23H35N5O. The predicted molar refractivity (Wildman–Crippen MR) is 120 cm³/mol. The third kappa shape index (κ3) is 5.82. The van der Waals surface area contributed by atoms with Crippen molar-refractivity contribution in [2.24, 2.45) is 5.92 Å². The maximum atomic E-state index is 5.41. The summed E-state index contributed by atoms with van der Waals surface area (Å²) in [6.45, 7) is 6.25. The van der Waals surface area contributed by atoms with Gasteiger partial charge in [-0.05, 0) is 80.8 Å². The second kappa shape index (κ2) is 9.92. The largest absolute Gasteiger partial charge is 0.496 e. The molecule has 6 heteroatoms. The fourth-order valence-electron chi connectivity index (χ4n) is 4.03. The van der Waals surface area contributed by atoms with Crippen LogP contribution in [0, 0.1) is 19.8 Å². The molecule has 0 amide bonds. The molecule has 1 aromatic heterocycles. The fraction of sp³-hybridized carbons (Fsp3) is 0.565. The molecule has 1 aromatic carbocycles. The van der Waals surface area contributed by atoms with Gasteiger partial charge in [0.1, 0.15) is 11.6 Å². The number of hydrogen-bond acceptors (Lipinski definition) is 6. The van der Waals surface area contributed by atoms with Crippen LogP contribution in [0.5, 0.6) is 5.75 Å². The van der Waals surface area contributed by atoms with Gasteiger partial charge in [0.25, 0.3) is 0 Å². The third-order valence-electron chi connectivity index (χ3n) is 5.88. The molecule has 0 bridgehead atoms. The van der Waals surface area contributed by atoms with E-state index in [0.717, 1.165) is 36.5 Å². The van der Waals surface area contributed by atoms with Crippen molar-refractivity contribution in [1.29, 1.82) is 0 Å². The Morgan fingerprint density at radius 3 is 2.55 bits per heavy atom. The monoisotopic (exact) mass is 397 g/mol. The lowest BCUT2D eigenvalue weighted by Crippen LogP contribution is -2.31. The molecule has 2 N–H and O–H groups in total. The summed E-state index contributed by atoms with van der Waals surface area (Å²) in [5.74, 6) is 3.38. The van der Waals surface area contributed by atoms with Crippen molar-refractivity contribution < 1.29 is 4.74 Å². The molecule has 158 valence electrons. The number of aromatic nitrogens is 2. The van der Waals surface area contributed by atoms with Gasteiger partial charge in [-0.2, -0.15) is 4.98 Å². The third-order valence-corrected chi connectivity index (χ3v) is 5.88. The zero-order valence-corrected chi connectivity index (χ0v) is 18.5. The van der Waals surface area contributed by atoms with Crippen LogP contribution in [0.15, 0.2) is 24.4 Å². The molecule has 1 heterocycles. The second-order valence-electron chi connectivity index (χ2n) is 8.37. The first-order valence-electron chi connectivity index (χ1n) is 10.6. The summed E-state index contributed by atoms with van der Waals surface area (Å²) in [6.07, 6.45) is 6.63. The summed E-state index contributed by atoms with van der Waals surface area (Å²) in [4.78, 5) is 11.0. The minimum Gasteiger partial charge on any atom is -0.496 e. The molecule has 0 radical (unpaired) electrons. The van der Waals surface area contributed by atoms with Crippen LogP contribution in [0.3, 0.4) is 0 Å². The van der Waals surface area contributed by atoms with E-state index in [1.54, 1.807) is 7.11 Å². The van der Waals surface area contributed by atoms with Gasteiger partial charge in [-0.1, -0.05) is 6.07 Å². The maximum Gasteiger partial charge on any atom is 0.224 e. The average molecular weight is 398 g/mol. The van der Waals surface area contributed by atoms with Gasteiger partial charge in [-0.15, -0.1) is 0 Å². The molecule has 1 aliphatic rings. The van der Waals surface area contributed by atoms with Gasteiger partial charge >= 0.3 is 0 Å². The molecular weight excluding hydrogens is 362 g/mol. The second-order valence-corrected chi connectivity index (χ2v) is 8.37. The number of rotatable bonds is 8. The van der Waals surface area contributed by atoms with Gasteiger partial charge in [0, 0.05) is 32.9 Å². The summed E-state index contributed by atoms with van der Waals surface area (Å²) in [5, 5.41) is 7.19. The van der Waals surface area contributed by atoms with Crippen LogP contribution in [-0.4, -0.2) is 43.8 Å². The quantitative estimate of drug-likeness (QED) is 0.704. The topological polar surface area (TPSA) is 62.3 Å². The lowest BCUT2D eigenvalue weighted by Gasteiger charge is -2.29. The highest BCUT2D eigenvalue weighted by Gasteiger charge is 2.21. The van der Waals surface area contributed by atoms with E-state index in [0.29, 0.717) is 6.04 Å². The first-order valence-corrected chi connectivity index (χ1v) is 10.6. The molecule has 29 heavy (non-hydrogen) atoms. The van der Waals surface area contributed by atoms with Crippen molar-refractivity contribution in [3.05, 3.63) is 41.1 Å². The van der Waals surface area contributed by atoms with Gasteiger partial charge in [-0.3, -0.25) is 0 Å². The Bertz CT molecular complexity index is 800. The first-order chi connectivity index (χ1) is 14.0. The van der Waals surface area contributed by atoms with Gasteiger partial charge in [0.2, 0.25) is 5.95 Å². The van der Waals surface area contributed by atoms with Crippen LogP contribution in [0.25, 0.3) is 0 Å². The lowest BCUT2D eigenvalue weighted by molar-refractivity contribution is 0.323. The van der Waals surface area contributed by atoms with E-state index >= 15 is 0 Å². The van der Waals surface area contributed by atoms with Crippen LogP contribution >= 0.6 is 0 Å². The van der Waals surface area contributed by atoms with Crippen LogP contribution in [0.4, 0.5) is 11.8 Å². The molecule has 0 atom stereocenters. The highest BCUT2D eigenvalue weighted by atomic mass is 16.5. The Labute approximate surface area is 175 Å². The van der Waals surface area contributed by atoms with Crippen molar-refractivity contribution in [1.82, 2.24) is 15.3 Å². The number of benzene rings is 1. The van der Waals surface area contributed by atoms with E-state index in [4.69, 9.17) is 4.74 Å². The van der Waals surface area contributed by atoms with E-state index in [9.17, 15) is 0 Å². The molecule has 3 rings (SSSR count). The standard InChI is InChI=1S/C23H35N5O/c1-16-13-21(29-5)17(2)12-19(16)15-24-14-18-6-8-20(9-7-18)26-23-25-11-10-22(27-23)28(3)4/h10-13,18,20,24H,6-9,14-15H2,1-5H3,(H,25,26,27)/t18-,20+. The van der Waals surface area contributed by atoms with Gasteiger partial charge in [0.15, 0.2) is 0 Å². The zero-order chi connectivity index (χ0) is 20.8. The van der Waals surface area contributed by atoms with Crippen molar-refractivity contribution in [3.8, 4) is 5.75 Å². The number of anilines is 2. The number of nitrogens with zero attached hydrogens (tertiary/aromatic N) is 3. The Morgan fingerprint density at radius 1 is 1.10 bits per heavy atom. The Kier molecular flexibility index (Phi) is 7.31. The van der Waals surface area contributed by atoms with Crippen LogP contribution in [-0.2, 0) is 6.54 Å². The van der Waals surface area contributed by atoms with Crippen molar-refractivity contribution in [2.45, 2.75) is 52.1 Å². The van der Waals surface area contributed by atoms with Gasteiger partial charge in [0.05, 0.1) is 7.11 Å². The van der Waals surface area contributed by atoms with Crippen LogP contribution in [0.2, 0.25) is 0 Å². The summed E-state index contributed by atoms with van der Waals surface area (Å²) >= 11 is 0. The van der Waals surface area contributed by atoms with Gasteiger partial charge in [-0.25, -0.2) is 4.98 Å². The van der Waals surface area contributed by atoms with E-state index in [-0.39, 0.29) is 0 Å². The minimum atomic E-state index is 0.468. The minimum absolute atomic E-state index is 0.468. The maximum absolute atomic E-state index is 5.41. The van der Waals surface area contributed by atoms with E-state index < -0.39 is 0 Å². The van der Waals surface area contributed by atoms with Crippen molar-refractivity contribution in [2.75, 3.05) is 38.0 Å². The molecule has 0 saturated heterocycles. The van der Waals surface area contributed by atoms with E-state index in [1.807, 2.05) is 31.3 Å². The average Bonchev–Trinajstić information content (AvgIpc) is 2.71. The number of methoxy groups -OCH3 is 1. The highest BCUT2D eigenvalue weighted by molar-refractivity contribution is 5.42. The molecule has 2 aromatic rings. The number of aryl methyl sites for hydroxylation is 2. The Morgan fingerprint density at radius 2 is 1.86 bits per heavy atom. The Hall–Kier alpha value is -2.34. The normalized spacial score (nSPS) is 19.1. The number of ether oxygens (including phenoxy) is 1. The highest BCUT2D eigenvalue weighted by Crippen LogP contribution is 2.26. The molecule has 1 aliphatic carbocycles. The molecule has 1 saturated carbocycles. The van der Waals surface area contributed by atoms with Crippen LogP contribution in [0.1, 0.15) is 42.4 Å². The van der Waals surface area contributed by atoms with E-state index in [1.165, 1.54) is 42.4 Å². The predicted octanol–water partition coefficient (Wildman–Crippen LogP) is 3.93. The van der Waals surface area contributed by atoms with Crippen molar-refractivity contribution in [3.63, 3.8) is 0 Å². The number of hydrogen-bond donors (Lipinski definition) is 2. The van der Waals surface area contributed by atoms with E-state index in [2.05, 4.69) is 46.6 Å². The fourth-order valence-corrected chi connectivity index (χ4v) is 4.03. The molecule has 0 unspecified atom stereocenters.